The van der Waals surface area contributed by atoms with Crippen LogP contribution in [0.3, 0.4) is 0 Å². The van der Waals surface area contributed by atoms with Crippen molar-refractivity contribution in [1.29, 1.82) is 0 Å². The van der Waals surface area contributed by atoms with Gasteiger partial charge in [-0.15, -0.1) is 0 Å². The standard InChI is InChI=1S/C29H36O/c1-3-4-5-6-24-7-9-25(10-8-24)11-12-26-13-15-27(16-14-26)17-18-28-19-21-29(22-20-28)23-30-2/h5-10,19-22,26-27H,3-4,13-18,23H2,1-2H3. The first-order chi connectivity index (χ1) is 14.8. The predicted molar refractivity (Wildman–Crippen MR) is 128 cm³/mol. The molecule has 1 aliphatic carbocycles. The molecule has 0 aromatic heterocycles. The number of ether oxygens (including phenoxy) is 1. The zero-order valence-electron chi connectivity index (χ0n) is 18.7. The first-order valence-electron chi connectivity index (χ1n) is 11.6. The molecule has 0 radical (unpaired) electrons. The van der Waals surface area contributed by atoms with Crippen LogP contribution in [0.4, 0.5) is 0 Å². The van der Waals surface area contributed by atoms with E-state index in [4.69, 9.17) is 4.74 Å². The van der Waals surface area contributed by atoms with Crippen LogP contribution in [0.25, 0.3) is 6.08 Å². The van der Waals surface area contributed by atoms with E-state index in [1.165, 1.54) is 61.6 Å². The quantitative estimate of drug-likeness (QED) is 0.418. The Hall–Kier alpha value is -2.30. The predicted octanol–water partition coefficient (Wildman–Crippen LogP) is 7.44. The second-order valence-corrected chi connectivity index (χ2v) is 8.59. The third-order valence-electron chi connectivity index (χ3n) is 6.12. The van der Waals surface area contributed by atoms with E-state index in [2.05, 4.69) is 79.4 Å². The Balaban J connectivity index is 1.40. The highest BCUT2D eigenvalue weighted by Crippen LogP contribution is 2.31. The third-order valence-corrected chi connectivity index (χ3v) is 6.12. The van der Waals surface area contributed by atoms with Gasteiger partial charge in [0.15, 0.2) is 0 Å². The van der Waals surface area contributed by atoms with Gasteiger partial charge in [-0.3, -0.25) is 0 Å². The summed E-state index contributed by atoms with van der Waals surface area (Å²) in [5.74, 6) is 8.38. The second kappa shape index (κ2) is 12.4. The number of methoxy groups -OCH3 is 1. The summed E-state index contributed by atoms with van der Waals surface area (Å²) in [6.07, 6.45) is 14.4. The fourth-order valence-electron chi connectivity index (χ4n) is 4.18. The van der Waals surface area contributed by atoms with Crippen LogP contribution in [0.5, 0.6) is 0 Å². The molecule has 0 atom stereocenters. The molecule has 0 unspecified atom stereocenters. The summed E-state index contributed by atoms with van der Waals surface area (Å²) < 4.78 is 5.19. The van der Waals surface area contributed by atoms with E-state index >= 15 is 0 Å². The van der Waals surface area contributed by atoms with Gasteiger partial charge >= 0.3 is 0 Å². The van der Waals surface area contributed by atoms with Crippen molar-refractivity contribution in [3.63, 3.8) is 0 Å². The zero-order valence-corrected chi connectivity index (χ0v) is 18.7. The van der Waals surface area contributed by atoms with Gasteiger partial charge in [-0.2, -0.15) is 0 Å². The first-order valence-corrected chi connectivity index (χ1v) is 11.6. The minimum Gasteiger partial charge on any atom is -0.380 e. The molecule has 0 aliphatic heterocycles. The van der Waals surface area contributed by atoms with Crippen molar-refractivity contribution in [2.45, 2.75) is 64.9 Å². The Morgan fingerprint density at radius 1 is 0.933 bits per heavy atom. The van der Waals surface area contributed by atoms with Crippen molar-refractivity contribution >= 4 is 6.08 Å². The largest absolute Gasteiger partial charge is 0.380 e. The van der Waals surface area contributed by atoms with E-state index in [1.807, 2.05) is 0 Å². The van der Waals surface area contributed by atoms with E-state index < -0.39 is 0 Å². The van der Waals surface area contributed by atoms with Crippen LogP contribution in [0.1, 0.15) is 74.1 Å². The molecule has 1 nitrogen and oxygen atoms in total. The molecular weight excluding hydrogens is 364 g/mol. The van der Waals surface area contributed by atoms with E-state index in [0.717, 1.165) is 17.9 Å². The molecule has 2 aromatic carbocycles. The number of rotatable bonds is 8. The van der Waals surface area contributed by atoms with Gasteiger partial charge in [0.05, 0.1) is 6.61 Å². The van der Waals surface area contributed by atoms with Crippen LogP contribution >= 0.6 is 0 Å². The molecule has 158 valence electrons. The molecule has 0 heterocycles. The van der Waals surface area contributed by atoms with Crippen molar-refractivity contribution < 1.29 is 4.74 Å². The lowest BCUT2D eigenvalue weighted by atomic mass is 9.79. The van der Waals surface area contributed by atoms with Gasteiger partial charge in [-0.05, 0) is 79.7 Å². The van der Waals surface area contributed by atoms with Gasteiger partial charge in [0.1, 0.15) is 0 Å². The highest BCUT2D eigenvalue weighted by Gasteiger charge is 2.19. The summed E-state index contributed by atoms with van der Waals surface area (Å²) in [5.41, 5.74) is 5.11. The smallest absolute Gasteiger partial charge is 0.0713 e. The number of unbranched alkanes of at least 4 members (excludes halogenated alkanes) is 1. The Kier molecular flexibility index (Phi) is 9.26. The van der Waals surface area contributed by atoms with Crippen molar-refractivity contribution in [3.05, 3.63) is 76.9 Å². The lowest BCUT2D eigenvalue weighted by Gasteiger charge is -2.25. The number of hydrogen-bond donors (Lipinski definition) is 0. The maximum atomic E-state index is 5.19. The van der Waals surface area contributed by atoms with Gasteiger partial charge in [-0.1, -0.05) is 73.7 Å². The molecule has 0 amide bonds. The Morgan fingerprint density at radius 3 is 2.30 bits per heavy atom. The molecule has 1 aliphatic rings. The number of allylic oxidation sites excluding steroid dienone is 1. The normalized spacial score (nSPS) is 18.9. The summed E-state index contributed by atoms with van der Waals surface area (Å²) in [6, 6.07) is 17.6. The summed E-state index contributed by atoms with van der Waals surface area (Å²) >= 11 is 0. The molecule has 0 N–H and O–H groups in total. The topological polar surface area (TPSA) is 9.23 Å². The van der Waals surface area contributed by atoms with Crippen molar-refractivity contribution in [1.82, 2.24) is 0 Å². The minimum atomic E-state index is 0.568. The van der Waals surface area contributed by atoms with Gasteiger partial charge in [0.25, 0.3) is 0 Å². The molecule has 30 heavy (non-hydrogen) atoms. The van der Waals surface area contributed by atoms with Crippen LogP contribution in [-0.4, -0.2) is 7.11 Å². The SMILES string of the molecule is CCCC=Cc1ccc(C#CC2CCC(CCc3ccc(COC)cc3)CC2)cc1. The molecule has 3 rings (SSSR count). The summed E-state index contributed by atoms with van der Waals surface area (Å²) in [4.78, 5) is 0. The van der Waals surface area contributed by atoms with Crippen LogP contribution in [0.15, 0.2) is 54.6 Å². The number of aryl methyl sites for hydroxylation is 1. The molecule has 2 aromatic rings. The van der Waals surface area contributed by atoms with Crippen LogP contribution in [0, 0.1) is 23.7 Å². The first kappa shape index (κ1) is 22.4. The summed E-state index contributed by atoms with van der Waals surface area (Å²) in [6.45, 7) is 2.91. The monoisotopic (exact) mass is 400 g/mol. The Labute approximate surface area is 183 Å². The zero-order chi connectivity index (χ0) is 21.0. The van der Waals surface area contributed by atoms with Crippen LogP contribution < -0.4 is 0 Å². The molecule has 1 heteroatoms. The number of hydrogen-bond acceptors (Lipinski definition) is 1. The Bertz CT molecular complexity index is 825. The van der Waals surface area contributed by atoms with Gasteiger partial charge in [0, 0.05) is 18.6 Å². The van der Waals surface area contributed by atoms with E-state index in [9.17, 15) is 0 Å². The Morgan fingerprint density at radius 2 is 1.63 bits per heavy atom. The lowest BCUT2D eigenvalue weighted by molar-refractivity contribution is 0.185. The van der Waals surface area contributed by atoms with Gasteiger partial charge < -0.3 is 4.74 Å². The summed E-state index contributed by atoms with van der Waals surface area (Å²) in [7, 11) is 1.75. The van der Waals surface area contributed by atoms with Crippen molar-refractivity contribution in [2.24, 2.45) is 11.8 Å². The van der Waals surface area contributed by atoms with E-state index in [0.29, 0.717) is 12.5 Å². The molecule has 1 fully saturated rings. The minimum absolute atomic E-state index is 0.568. The summed E-state index contributed by atoms with van der Waals surface area (Å²) in [5, 5.41) is 0. The average Bonchev–Trinajstić information content (AvgIpc) is 2.79. The second-order valence-electron chi connectivity index (χ2n) is 8.59. The maximum absolute atomic E-state index is 5.19. The number of benzene rings is 2. The third kappa shape index (κ3) is 7.51. The lowest BCUT2D eigenvalue weighted by Crippen LogP contribution is -2.14. The molecular formula is C29H36O. The fourth-order valence-corrected chi connectivity index (χ4v) is 4.18. The van der Waals surface area contributed by atoms with Gasteiger partial charge in [-0.25, -0.2) is 0 Å². The molecule has 0 saturated heterocycles. The highest BCUT2D eigenvalue weighted by atomic mass is 16.5. The fraction of sp³-hybridized carbons (Fsp3) is 0.448. The van der Waals surface area contributed by atoms with Crippen molar-refractivity contribution in [2.75, 3.05) is 7.11 Å². The van der Waals surface area contributed by atoms with Crippen molar-refractivity contribution in [3.8, 4) is 11.8 Å². The molecule has 1 saturated carbocycles. The van der Waals surface area contributed by atoms with Gasteiger partial charge in [0.2, 0.25) is 0 Å². The molecule has 0 spiro atoms. The average molecular weight is 401 g/mol. The maximum Gasteiger partial charge on any atom is 0.0713 e. The highest BCUT2D eigenvalue weighted by molar-refractivity contribution is 5.51. The van der Waals surface area contributed by atoms with E-state index in [-0.39, 0.29) is 0 Å². The van der Waals surface area contributed by atoms with Crippen LogP contribution in [0.2, 0.25) is 0 Å². The van der Waals surface area contributed by atoms with Crippen LogP contribution in [-0.2, 0) is 17.8 Å². The molecule has 0 bridgehead atoms. The van der Waals surface area contributed by atoms with E-state index in [1.54, 1.807) is 7.11 Å².